The van der Waals surface area contributed by atoms with Gasteiger partial charge in [0.2, 0.25) is 0 Å². The Morgan fingerprint density at radius 3 is 1.95 bits per heavy atom. The lowest BCUT2D eigenvalue weighted by atomic mass is 10.1. The molecule has 2 saturated heterocycles. The van der Waals surface area contributed by atoms with Crippen molar-refractivity contribution in [3.63, 3.8) is 0 Å². The number of hydrogen-bond acceptors (Lipinski definition) is 2. The molecule has 0 N–H and O–H groups in total. The second-order valence-electron chi connectivity index (χ2n) is 6.21. The third-order valence-electron chi connectivity index (χ3n) is 5.05. The molecule has 2 aliphatic rings. The third kappa shape index (κ3) is 2.04. The zero-order chi connectivity index (χ0) is 14.3. The summed E-state index contributed by atoms with van der Waals surface area (Å²) >= 11 is 0. The molecule has 2 aromatic carbocycles. The first-order valence-corrected chi connectivity index (χ1v) is 10.00. The predicted octanol–water partition coefficient (Wildman–Crippen LogP) is 2.19. The van der Waals surface area contributed by atoms with E-state index in [2.05, 4.69) is 60.7 Å². The van der Waals surface area contributed by atoms with Crippen LogP contribution >= 0.6 is 0 Å². The molecule has 106 valence electrons. The first-order valence-electron chi connectivity index (χ1n) is 7.58. The Labute approximate surface area is 125 Å². The van der Waals surface area contributed by atoms with Crippen molar-refractivity contribution in [2.45, 2.75) is 24.6 Å². The van der Waals surface area contributed by atoms with E-state index in [0.717, 1.165) is 12.1 Å². The van der Waals surface area contributed by atoms with Crippen LogP contribution in [0.3, 0.4) is 0 Å². The van der Waals surface area contributed by atoms with Gasteiger partial charge in [0.1, 0.15) is 14.2 Å². The van der Waals surface area contributed by atoms with Crippen LogP contribution in [-0.2, 0) is 9.53 Å². The lowest BCUT2D eigenvalue weighted by molar-refractivity contribution is -0.140. The largest absolute Gasteiger partial charge is 0.462 e. The van der Waals surface area contributed by atoms with Gasteiger partial charge in [-0.25, -0.2) is 0 Å². The Hall–Kier alpha value is -1.87. The van der Waals surface area contributed by atoms with Crippen molar-refractivity contribution >= 4 is 24.4 Å². The van der Waals surface area contributed by atoms with Crippen molar-refractivity contribution in [3.8, 4) is 0 Å². The van der Waals surface area contributed by atoms with Crippen LogP contribution in [0.4, 0.5) is 0 Å². The highest BCUT2D eigenvalue weighted by Crippen LogP contribution is 2.42. The van der Waals surface area contributed by atoms with Gasteiger partial charge in [0, 0.05) is 5.92 Å². The average Bonchev–Trinajstić information content (AvgIpc) is 3.04. The quantitative estimate of drug-likeness (QED) is 0.627. The molecular weight excluding hydrogens is 276 g/mol. The van der Waals surface area contributed by atoms with Gasteiger partial charge >= 0.3 is 5.97 Å². The molecule has 2 aliphatic heterocycles. The molecule has 3 heteroatoms. The number of hydrogen-bond donors (Lipinski definition) is 0. The van der Waals surface area contributed by atoms with Gasteiger partial charge in [0.15, 0.2) is 0 Å². The maximum atomic E-state index is 11.5. The number of carbonyl (C=O) groups excluding carboxylic acids is 1. The Kier molecular flexibility index (Phi) is 2.96. The van der Waals surface area contributed by atoms with Gasteiger partial charge in [-0.1, -0.05) is 71.0 Å². The van der Waals surface area contributed by atoms with Crippen molar-refractivity contribution in [3.05, 3.63) is 60.7 Å². The van der Waals surface area contributed by atoms with E-state index in [1.165, 1.54) is 10.4 Å². The molecule has 2 atom stereocenters. The van der Waals surface area contributed by atoms with Crippen LogP contribution in [-0.4, -0.2) is 20.1 Å². The fourth-order valence-electron chi connectivity index (χ4n) is 4.10. The summed E-state index contributed by atoms with van der Waals surface area (Å²) in [5.74, 6) is 0.415. The minimum Gasteiger partial charge on any atom is -0.462 e. The highest BCUT2D eigenvalue weighted by Gasteiger charge is 2.53. The van der Waals surface area contributed by atoms with Gasteiger partial charge in [-0.3, -0.25) is 4.79 Å². The van der Waals surface area contributed by atoms with Crippen LogP contribution in [0, 0.1) is 5.92 Å². The Bertz CT molecular complexity index is 596. The molecule has 21 heavy (non-hydrogen) atoms. The smallest absolute Gasteiger partial charge is 0.306 e. The SMILES string of the molecule is O=C1C[C@@H]2C[Si](c3ccccc3)(c3ccccc3)C[C@@H]2O1. The van der Waals surface area contributed by atoms with Crippen LogP contribution in [0.2, 0.25) is 12.1 Å². The third-order valence-corrected chi connectivity index (χ3v) is 10.2. The molecule has 0 amide bonds. The van der Waals surface area contributed by atoms with Crippen LogP contribution in [0.25, 0.3) is 0 Å². The highest BCUT2D eigenvalue weighted by atomic mass is 28.3. The second kappa shape index (κ2) is 4.85. The summed E-state index contributed by atoms with van der Waals surface area (Å²) in [5.41, 5.74) is 0. The molecule has 0 aliphatic carbocycles. The molecule has 0 spiro atoms. The molecule has 0 aromatic heterocycles. The molecule has 2 aromatic rings. The van der Waals surface area contributed by atoms with Crippen molar-refractivity contribution in [2.75, 3.05) is 0 Å². The standard InChI is InChI=1S/C18H18O2Si/c19-18-11-14-12-21(13-17(14)20-18,15-7-3-1-4-8-15)16-9-5-2-6-10-16/h1-10,14,17H,11-13H2/t14-,17+/m1/s1. The van der Waals surface area contributed by atoms with E-state index >= 15 is 0 Å². The molecule has 0 radical (unpaired) electrons. The van der Waals surface area contributed by atoms with E-state index in [0.29, 0.717) is 12.3 Å². The van der Waals surface area contributed by atoms with Gasteiger partial charge in [-0.2, -0.15) is 0 Å². The summed E-state index contributed by atoms with van der Waals surface area (Å²) in [4.78, 5) is 11.5. The summed E-state index contributed by atoms with van der Waals surface area (Å²) in [7, 11) is -1.79. The maximum Gasteiger partial charge on any atom is 0.306 e. The van der Waals surface area contributed by atoms with Gasteiger partial charge in [-0.15, -0.1) is 0 Å². The summed E-state index contributed by atoms with van der Waals surface area (Å²) in [6.45, 7) is 0. The highest BCUT2D eigenvalue weighted by molar-refractivity contribution is 7.03. The summed E-state index contributed by atoms with van der Waals surface area (Å²) in [5, 5.41) is 2.95. The summed E-state index contributed by atoms with van der Waals surface area (Å²) < 4.78 is 5.58. The lowest BCUT2D eigenvalue weighted by Gasteiger charge is -2.29. The first-order chi connectivity index (χ1) is 10.3. The van der Waals surface area contributed by atoms with Gasteiger partial charge < -0.3 is 4.74 Å². The number of esters is 1. The lowest BCUT2D eigenvalue weighted by Crippen LogP contribution is -2.56. The summed E-state index contributed by atoms with van der Waals surface area (Å²) in [6, 6.07) is 23.9. The zero-order valence-electron chi connectivity index (χ0n) is 11.9. The fourth-order valence-corrected chi connectivity index (χ4v) is 9.61. The first kappa shape index (κ1) is 12.8. The van der Waals surface area contributed by atoms with Crippen molar-refractivity contribution in [1.29, 1.82) is 0 Å². The monoisotopic (exact) mass is 294 g/mol. The number of carbonyl (C=O) groups is 1. The van der Waals surface area contributed by atoms with Crippen molar-refractivity contribution in [2.24, 2.45) is 5.92 Å². The van der Waals surface area contributed by atoms with Gasteiger partial charge in [-0.05, 0) is 12.1 Å². The van der Waals surface area contributed by atoms with E-state index in [4.69, 9.17) is 4.74 Å². The number of ether oxygens (including phenoxy) is 1. The molecule has 0 bridgehead atoms. The fraction of sp³-hybridized carbons (Fsp3) is 0.278. The van der Waals surface area contributed by atoms with E-state index in [1.807, 2.05) is 0 Å². The molecular formula is C18H18O2Si. The van der Waals surface area contributed by atoms with Crippen LogP contribution in [0.5, 0.6) is 0 Å². The Morgan fingerprint density at radius 1 is 0.857 bits per heavy atom. The molecule has 2 nitrogen and oxygen atoms in total. The minimum absolute atomic E-state index is 0.00581. The van der Waals surface area contributed by atoms with Crippen molar-refractivity contribution < 1.29 is 9.53 Å². The molecule has 0 unspecified atom stereocenters. The molecule has 4 rings (SSSR count). The predicted molar refractivity (Wildman–Crippen MR) is 85.5 cm³/mol. The maximum absolute atomic E-state index is 11.5. The number of rotatable bonds is 2. The minimum atomic E-state index is -1.79. The van der Waals surface area contributed by atoms with Crippen LogP contribution in [0.15, 0.2) is 60.7 Å². The normalized spacial score (nSPS) is 26.4. The Balaban J connectivity index is 1.80. The zero-order valence-corrected chi connectivity index (χ0v) is 12.9. The van der Waals surface area contributed by atoms with Crippen LogP contribution in [0.1, 0.15) is 6.42 Å². The van der Waals surface area contributed by atoms with Crippen molar-refractivity contribution in [1.82, 2.24) is 0 Å². The second-order valence-corrected chi connectivity index (χ2v) is 10.4. The topological polar surface area (TPSA) is 26.3 Å². The Morgan fingerprint density at radius 2 is 1.43 bits per heavy atom. The molecule has 2 fully saturated rings. The average molecular weight is 294 g/mol. The molecule has 0 saturated carbocycles. The number of fused-ring (bicyclic) bond motifs is 1. The van der Waals surface area contributed by atoms with E-state index in [1.54, 1.807) is 0 Å². The van der Waals surface area contributed by atoms with E-state index < -0.39 is 8.07 Å². The summed E-state index contributed by atoms with van der Waals surface area (Å²) in [6.07, 6.45) is 0.753. The number of benzene rings is 2. The van der Waals surface area contributed by atoms with Crippen LogP contribution < -0.4 is 10.4 Å². The van der Waals surface area contributed by atoms with E-state index in [-0.39, 0.29) is 12.1 Å². The van der Waals surface area contributed by atoms with Gasteiger partial charge in [0.25, 0.3) is 0 Å². The van der Waals surface area contributed by atoms with E-state index in [9.17, 15) is 4.79 Å². The molecule has 2 heterocycles. The van der Waals surface area contributed by atoms with Gasteiger partial charge in [0.05, 0.1) is 6.42 Å².